The van der Waals surface area contributed by atoms with Gasteiger partial charge in [-0.1, -0.05) is 23.7 Å². The molecule has 1 fully saturated rings. The van der Waals surface area contributed by atoms with E-state index < -0.39 is 0 Å². The molecule has 2 aliphatic heterocycles. The van der Waals surface area contributed by atoms with Crippen LogP contribution < -0.4 is 0 Å². The third kappa shape index (κ3) is 2.52. The van der Waals surface area contributed by atoms with Gasteiger partial charge in [0.1, 0.15) is 5.70 Å². The highest BCUT2D eigenvalue weighted by atomic mass is 35.5. The normalized spacial score (nSPS) is 19.4. The average Bonchev–Trinajstić information content (AvgIpc) is 2.79. The lowest BCUT2D eigenvalue weighted by Gasteiger charge is -2.29. The topological polar surface area (TPSA) is 40.6 Å². The smallest absolute Gasteiger partial charge is 0.277 e. The summed E-state index contributed by atoms with van der Waals surface area (Å²) in [6.07, 6.45) is 3.30. The van der Waals surface area contributed by atoms with Crippen LogP contribution in [0.1, 0.15) is 31.7 Å². The monoisotopic (exact) mass is 318 g/mol. The van der Waals surface area contributed by atoms with Crippen LogP contribution in [0.4, 0.5) is 0 Å². The summed E-state index contributed by atoms with van der Waals surface area (Å²) >= 11 is 5.94. The summed E-state index contributed by atoms with van der Waals surface area (Å²) in [4.78, 5) is 28.7. The number of likely N-dealkylation sites (N-methyl/N-ethyl adjacent to an activating group) is 1. The van der Waals surface area contributed by atoms with Crippen LogP contribution in [0.15, 0.2) is 30.0 Å². The maximum Gasteiger partial charge on any atom is 0.277 e. The number of hydrogen-bond acceptors (Lipinski definition) is 3. The van der Waals surface area contributed by atoms with Gasteiger partial charge in [0.05, 0.1) is 5.57 Å². The zero-order valence-electron chi connectivity index (χ0n) is 12.6. The van der Waals surface area contributed by atoms with E-state index in [-0.39, 0.29) is 11.8 Å². The maximum absolute atomic E-state index is 12.7. The Morgan fingerprint density at radius 2 is 1.64 bits per heavy atom. The van der Waals surface area contributed by atoms with Gasteiger partial charge in [0.2, 0.25) is 0 Å². The minimum absolute atomic E-state index is 0.167. The number of nitrogens with zero attached hydrogens (tertiary/aromatic N) is 2. The van der Waals surface area contributed by atoms with E-state index >= 15 is 0 Å². The summed E-state index contributed by atoms with van der Waals surface area (Å²) in [5.41, 5.74) is 1.85. The Kier molecular flexibility index (Phi) is 4.21. The van der Waals surface area contributed by atoms with Crippen molar-refractivity contribution in [2.24, 2.45) is 0 Å². The first kappa shape index (κ1) is 15.1. The lowest BCUT2D eigenvalue weighted by Crippen LogP contribution is -2.37. The number of benzene rings is 1. The van der Waals surface area contributed by atoms with E-state index in [2.05, 4.69) is 4.90 Å². The largest absolute Gasteiger partial charge is 0.366 e. The predicted molar refractivity (Wildman–Crippen MR) is 86.2 cm³/mol. The SMILES string of the molecule is CCN1C(=O)C(c2ccc(Cl)cc2)=C(N2CCCCC2)C1=O. The van der Waals surface area contributed by atoms with Crippen molar-refractivity contribution in [3.8, 4) is 0 Å². The van der Waals surface area contributed by atoms with Gasteiger partial charge in [-0.25, -0.2) is 0 Å². The molecule has 0 aliphatic carbocycles. The number of rotatable bonds is 3. The molecule has 1 saturated heterocycles. The van der Waals surface area contributed by atoms with Crippen LogP contribution >= 0.6 is 11.6 Å². The number of carbonyl (C=O) groups excluding carboxylic acids is 2. The van der Waals surface area contributed by atoms with E-state index in [4.69, 9.17) is 11.6 Å². The molecule has 0 bridgehead atoms. The lowest BCUT2D eigenvalue weighted by molar-refractivity contribution is -0.137. The van der Waals surface area contributed by atoms with Gasteiger partial charge >= 0.3 is 0 Å². The third-order valence-corrected chi connectivity index (χ3v) is 4.52. The highest BCUT2D eigenvalue weighted by Crippen LogP contribution is 2.33. The van der Waals surface area contributed by atoms with E-state index in [1.807, 2.05) is 19.1 Å². The highest BCUT2D eigenvalue weighted by Gasteiger charge is 2.40. The number of carbonyl (C=O) groups is 2. The third-order valence-electron chi connectivity index (χ3n) is 4.26. The molecular weight excluding hydrogens is 300 g/mol. The molecule has 0 radical (unpaired) electrons. The number of halogens is 1. The molecule has 2 aliphatic rings. The standard InChI is InChI=1S/C17H19ClN2O2/c1-2-20-16(21)14(12-6-8-13(18)9-7-12)15(17(20)22)19-10-4-3-5-11-19/h6-9H,2-5,10-11H2,1H3. The van der Waals surface area contributed by atoms with Gasteiger partial charge in [-0.15, -0.1) is 0 Å². The molecule has 0 spiro atoms. The summed E-state index contributed by atoms with van der Waals surface area (Å²) in [5.74, 6) is -0.366. The van der Waals surface area contributed by atoms with Gasteiger partial charge in [-0.05, 0) is 43.9 Å². The van der Waals surface area contributed by atoms with Gasteiger partial charge in [0, 0.05) is 24.7 Å². The fourth-order valence-corrected chi connectivity index (χ4v) is 3.26. The number of hydrogen-bond donors (Lipinski definition) is 0. The summed E-state index contributed by atoms with van der Waals surface area (Å²) in [7, 11) is 0. The van der Waals surface area contributed by atoms with Crippen molar-refractivity contribution >= 4 is 29.0 Å². The van der Waals surface area contributed by atoms with Crippen molar-refractivity contribution in [3.05, 3.63) is 40.5 Å². The molecule has 0 aromatic heterocycles. The highest BCUT2D eigenvalue weighted by molar-refractivity contribution is 6.36. The molecule has 5 heteroatoms. The van der Waals surface area contributed by atoms with Crippen molar-refractivity contribution < 1.29 is 9.59 Å². The van der Waals surface area contributed by atoms with Crippen molar-refractivity contribution in [1.29, 1.82) is 0 Å². The Labute approximate surface area is 135 Å². The Hall–Kier alpha value is -1.81. The number of amides is 2. The van der Waals surface area contributed by atoms with Crippen LogP contribution in [0.5, 0.6) is 0 Å². The molecule has 0 atom stereocenters. The Morgan fingerprint density at radius 1 is 1.00 bits per heavy atom. The minimum atomic E-state index is -0.199. The van der Waals surface area contributed by atoms with Crippen LogP contribution in [0.3, 0.4) is 0 Å². The summed E-state index contributed by atoms with van der Waals surface area (Å²) in [6.45, 7) is 3.90. The van der Waals surface area contributed by atoms with Crippen LogP contribution in [0.2, 0.25) is 5.02 Å². The molecule has 4 nitrogen and oxygen atoms in total. The molecule has 3 rings (SSSR count). The zero-order valence-corrected chi connectivity index (χ0v) is 13.4. The Morgan fingerprint density at radius 3 is 2.23 bits per heavy atom. The predicted octanol–water partition coefficient (Wildman–Crippen LogP) is 2.93. The van der Waals surface area contributed by atoms with Crippen molar-refractivity contribution in [1.82, 2.24) is 9.80 Å². The van der Waals surface area contributed by atoms with Gasteiger partial charge in [-0.2, -0.15) is 0 Å². The summed E-state index contributed by atoms with van der Waals surface area (Å²) in [5, 5.41) is 0.619. The number of imide groups is 1. The lowest BCUT2D eigenvalue weighted by atomic mass is 10.0. The van der Waals surface area contributed by atoms with E-state index in [9.17, 15) is 9.59 Å². The molecule has 116 valence electrons. The van der Waals surface area contributed by atoms with E-state index in [1.165, 1.54) is 11.3 Å². The summed E-state index contributed by atoms with van der Waals surface area (Å²) in [6, 6.07) is 7.13. The van der Waals surface area contributed by atoms with Gasteiger partial charge in [0.25, 0.3) is 11.8 Å². The first-order chi connectivity index (χ1) is 10.6. The molecular formula is C17H19ClN2O2. The molecule has 1 aromatic rings. The zero-order chi connectivity index (χ0) is 15.7. The van der Waals surface area contributed by atoms with Crippen LogP contribution in [0, 0.1) is 0 Å². The molecule has 2 amide bonds. The van der Waals surface area contributed by atoms with Gasteiger partial charge in [-0.3, -0.25) is 14.5 Å². The molecule has 0 N–H and O–H groups in total. The van der Waals surface area contributed by atoms with Gasteiger partial charge < -0.3 is 4.90 Å². The molecule has 22 heavy (non-hydrogen) atoms. The second-order valence-corrected chi connectivity index (χ2v) is 6.07. The molecule has 0 unspecified atom stereocenters. The second-order valence-electron chi connectivity index (χ2n) is 5.63. The van der Waals surface area contributed by atoms with Crippen molar-refractivity contribution in [2.45, 2.75) is 26.2 Å². The number of likely N-dealkylation sites (tertiary alicyclic amines) is 1. The second kappa shape index (κ2) is 6.13. The van der Waals surface area contributed by atoms with E-state index in [1.54, 1.807) is 12.1 Å². The van der Waals surface area contributed by atoms with Crippen LogP contribution in [0.25, 0.3) is 5.57 Å². The average molecular weight is 319 g/mol. The Balaban J connectivity index is 2.08. The Bertz CT molecular complexity index is 631. The van der Waals surface area contributed by atoms with Gasteiger partial charge in [0.15, 0.2) is 0 Å². The molecule has 0 saturated carbocycles. The maximum atomic E-state index is 12.7. The fourth-order valence-electron chi connectivity index (χ4n) is 3.14. The number of piperidine rings is 1. The fraction of sp³-hybridized carbons (Fsp3) is 0.412. The van der Waals surface area contributed by atoms with Crippen LogP contribution in [-0.4, -0.2) is 41.2 Å². The van der Waals surface area contributed by atoms with Crippen molar-refractivity contribution in [2.75, 3.05) is 19.6 Å². The first-order valence-electron chi connectivity index (χ1n) is 7.75. The summed E-state index contributed by atoms with van der Waals surface area (Å²) < 4.78 is 0. The minimum Gasteiger partial charge on any atom is -0.366 e. The quantitative estimate of drug-likeness (QED) is 0.805. The van der Waals surface area contributed by atoms with E-state index in [0.717, 1.165) is 31.5 Å². The van der Waals surface area contributed by atoms with Crippen molar-refractivity contribution in [3.63, 3.8) is 0 Å². The molecule has 2 heterocycles. The molecule has 1 aromatic carbocycles. The first-order valence-corrected chi connectivity index (χ1v) is 8.12. The van der Waals surface area contributed by atoms with E-state index in [0.29, 0.717) is 22.8 Å². The van der Waals surface area contributed by atoms with Crippen LogP contribution in [-0.2, 0) is 9.59 Å².